The second-order valence-electron chi connectivity index (χ2n) is 4.20. The van der Waals surface area contributed by atoms with Crippen molar-refractivity contribution in [1.82, 2.24) is 14.8 Å². The highest BCUT2D eigenvalue weighted by atomic mass is 79.9. The van der Waals surface area contributed by atoms with Crippen molar-refractivity contribution in [3.63, 3.8) is 0 Å². The van der Waals surface area contributed by atoms with Gasteiger partial charge in [0.05, 0.1) is 5.56 Å². The summed E-state index contributed by atoms with van der Waals surface area (Å²) in [6.07, 6.45) is -2.38. The number of benzene rings is 1. The van der Waals surface area contributed by atoms with Gasteiger partial charge in [-0.2, -0.15) is 18.3 Å². The van der Waals surface area contributed by atoms with E-state index in [0.29, 0.717) is 23.3 Å². The average molecular weight is 349 g/mol. The average Bonchev–Trinajstić information content (AvgIpc) is 2.73. The zero-order valence-electron chi connectivity index (χ0n) is 10.6. The summed E-state index contributed by atoms with van der Waals surface area (Å²) in [6, 6.07) is 3.83. The van der Waals surface area contributed by atoms with Crippen LogP contribution in [0.4, 0.5) is 18.9 Å². The fraction of sp³-hybridized carbons (Fsp3) is 0.333. The van der Waals surface area contributed by atoms with Gasteiger partial charge in [0.1, 0.15) is 6.33 Å². The molecule has 1 aromatic heterocycles. The SMILES string of the molecule is Cn1cnc(CCNc2cc(Br)ccc2C(F)(F)F)n1. The minimum atomic E-state index is -4.38. The van der Waals surface area contributed by atoms with Crippen LogP contribution in [0.2, 0.25) is 0 Å². The highest BCUT2D eigenvalue weighted by molar-refractivity contribution is 9.10. The quantitative estimate of drug-likeness (QED) is 0.922. The number of hydrogen-bond donors (Lipinski definition) is 1. The molecule has 0 saturated carbocycles. The Hall–Kier alpha value is -1.57. The van der Waals surface area contributed by atoms with Gasteiger partial charge >= 0.3 is 6.18 Å². The Labute approximate surface area is 122 Å². The first kappa shape index (κ1) is 14.8. The Balaban J connectivity index is 2.06. The van der Waals surface area contributed by atoms with Crippen LogP contribution in [0.25, 0.3) is 0 Å². The molecule has 2 aromatic rings. The van der Waals surface area contributed by atoms with Crippen LogP contribution >= 0.6 is 15.9 Å². The van der Waals surface area contributed by atoms with Crippen molar-refractivity contribution < 1.29 is 13.2 Å². The molecular weight excluding hydrogens is 337 g/mol. The van der Waals surface area contributed by atoms with E-state index >= 15 is 0 Å². The maximum Gasteiger partial charge on any atom is 0.418 e. The van der Waals surface area contributed by atoms with Gasteiger partial charge in [-0.3, -0.25) is 4.68 Å². The van der Waals surface area contributed by atoms with Gasteiger partial charge in [0.25, 0.3) is 0 Å². The van der Waals surface area contributed by atoms with E-state index in [1.807, 2.05) is 0 Å². The van der Waals surface area contributed by atoms with E-state index in [4.69, 9.17) is 0 Å². The van der Waals surface area contributed by atoms with E-state index in [-0.39, 0.29) is 5.69 Å². The van der Waals surface area contributed by atoms with Crippen LogP contribution in [-0.2, 0) is 19.6 Å². The molecule has 0 aliphatic heterocycles. The lowest BCUT2D eigenvalue weighted by Gasteiger charge is -2.14. The largest absolute Gasteiger partial charge is 0.418 e. The van der Waals surface area contributed by atoms with Crippen molar-refractivity contribution in [3.8, 4) is 0 Å². The molecule has 1 aromatic carbocycles. The molecule has 108 valence electrons. The molecule has 0 saturated heterocycles. The van der Waals surface area contributed by atoms with Crippen molar-refractivity contribution in [2.45, 2.75) is 12.6 Å². The van der Waals surface area contributed by atoms with Crippen molar-refractivity contribution in [2.75, 3.05) is 11.9 Å². The van der Waals surface area contributed by atoms with Gasteiger partial charge in [-0.05, 0) is 18.2 Å². The molecule has 0 radical (unpaired) electrons. The maximum atomic E-state index is 12.9. The van der Waals surface area contributed by atoms with Crippen LogP contribution in [0, 0.1) is 0 Å². The summed E-state index contributed by atoms with van der Waals surface area (Å²) in [7, 11) is 1.74. The minimum absolute atomic E-state index is 0.0443. The van der Waals surface area contributed by atoms with Gasteiger partial charge in [-0.1, -0.05) is 15.9 Å². The van der Waals surface area contributed by atoms with Crippen molar-refractivity contribution >= 4 is 21.6 Å². The van der Waals surface area contributed by atoms with Crippen LogP contribution < -0.4 is 5.32 Å². The summed E-state index contributed by atoms with van der Waals surface area (Å²) in [4.78, 5) is 4.02. The predicted octanol–water partition coefficient (Wildman–Crippen LogP) is 3.25. The molecule has 1 heterocycles. The molecule has 0 unspecified atom stereocenters. The monoisotopic (exact) mass is 348 g/mol. The summed E-state index contributed by atoms with van der Waals surface area (Å²) in [5, 5.41) is 6.84. The summed E-state index contributed by atoms with van der Waals surface area (Å²) in [5.41, 5.74) is -0.641. The molecule has 0 aliphatic rings. The van der Waals surface area contributed by atoms with Crippen LogP contribution in [0.1, 0.15) is 11.4 Å². The van der Waals surface area contributed by atoms with E-state index in [1.54, 1.807) is 18.1 Å². The molecule has 2 rings (SSSR count). The number of aromatic nitrogens is 3. The fourth-order valence-corrected chi connectivity index (χ4v) is 2.08. The van der Waals surface area contributed by atoms with Crippen molar-refractivity contribution in [2.24, 2.45) is 7.05 Å². The van der Waals surface area contributed by atoms with E-state index in [2.05, 4.69) is 31.3 Å². The number of alkyl halides is 3. The number of anilines is 1. The highest BCUT2D eigenvalue weighted by Crippen LogP contribution is 2.36. The molecule has 0 amide bonds. The van der Waals surface area contributed by atoms with Crippen LogP contribution in [-0.4, -0.2) is 21.3 Å². The standard InChI is InChI=1S/C12H12BrF3N4/c1-20-7-18-11(19-20)4-5-17-10-6-8(13)2-3-9(10)12(14,15)16/h2-3,6-7,17H,4-5H2,1H3. The topological polar surface area (TPSA) is 42.7 Å². The minimum Gasteiger partial charge on any atom is -0.384 e. The Morgan fingerprint density at radius 3 is 2.70 bits per heavy atom. The lowest BCUT2D eigenvalue weighted by Crippen LogP contribution is -2.13. The molecule has 0 fully saturated rings. The zero-order chi connectivity index (χ0) is 14.8. The lowest BCUT2D eigenvalue weighted by molar-refractivity contribution is -0.136. The van der Waals surface area contributed by atoms with Crippen LogP contribution in [0.15, 0.2) is 29.0 Å². The van der Waals surface area contributed by atoms with Crippen LogP contribution in [0.5, 0.6) is 0 Å². The predicted molar refractivity (Wildman–Crippen MR) is 72.3 cm³/mol. The molecule has 20 heavy (non-hydrogen) atoms. The maximum absolute atomic E-state index is 12.9. The molecule has 0 atom stereocenters. The summed E-state index contributed by atoms with van der Waals surface area (Å²) >= 11 is 3.17. The third kappa shape index (κ3) is 3.72. The van der Waals surface area contributed by atoms with E-state index in [1.165, 1.54) is 12.1 Å². The molecule has 0 spiro atoms. The van der Waals surface area contributed by atoms with Crippen molar-refractivity contribution in [1.29, 1.82) is 0 Å². The Morgan fingerprint density at radius 1 is 1.35 bits per heavy atom. The highest BCUT2D eigenvalue weighted by Gasteiger charge is 2.33. The van der Waals surface area contributed by atoms with Crippen molar-refractivity contribution in [3.05, 3.63) is 40.4 Å². The second kappa shape index (κ2) is 5.82. The summed E-state index contributed by atoms with van der Waals surface area (Å²) < 4.78 is 40.7. The first-order chi connectivity index (χ1) is 9.36. The van der Waals surface area contributed by atoms with Gasteiger partial charge in [0, 0.05) is 30.2 Å². The third-order valence-corrected chi connectivity index (χ3v) is 3.09. The number of rotatable bonds is 4. The number of aryl methyl sites for hydroxylation is 1. The number of halogens is 4. The summed E-state index contributed by atoms with van der Waals surface area (Å²) in [5.74, 6) is 0.587. The molecular formula is C12H12BrF3N4. The first-order valence-corrected chi connectivity index (χ1v) is 6.60. The third-order valence-electron chi connectivity index (χ3n) is 2.60. The first-order valence-electron chi connectivity index (χ1n) is 5.81. The number of nitrogens with one attached hydrogen (secondary N) is 1. The Kier molecular flexibility index (Phi) is 4.32. The van der Waals surface area contributed by atoms with Gasteiger partial charge in [-0.15, -0.1) is 0 Å². The summed E-state index contributed by atoms with van der Waals surface area (Å²) in [6.45, 7) is 0.323. The van der Waals surface area contributed by atoms with E-state index in [9.17, 15) is 13.2 Å². The number of hydrogen-bond acceptors (Lipinski definition) is 3. The molecule has 0 aliphatic carbocycles. The normalized spacial score (nSPS) is 11.7. The zero-order valence-corrected chi connectivity index (χ0v) is 12.2. The van der Waals surface area contributed by atoms with E-state index < -0.39 is 11.7 Å². The van der Waals surface area contributed by atoms with Gasteiger partial charge in [0.2, 0.25) is 0 Å². The van der Waals surface area contributed by atoms with Gasteiger partial charge < -0.3 is 5.32 Å². The smallest absolute Gasteiger partial charge is 0.384 e. The lowest BCUT2D eigenvalue weighted by atomic mass is 10.1. The second-order valence-corrected chi connectivity index (χ2v) is 5.11. The molecule has 0 bridgehead atoms. The van der Waals surface area contributed by atoms with Gasteiger partial charge in [0.15, 0.2) is 5.82 Å². The fourth-order valence-electron chi connectivity index (χ4n) is 1.72. The molecule has 4 nitrogen and oxygen atoms in total. The Bertz CT molecular complexity index is 595. The number of nitrogens with zero attached hydrogens (tertiary/aromatic N) is 3. The molecule has 8 heteroatoms. The van der Waals surface area contributed by atoms with Crippen LogP contribution in [0.3, 0.4) is 0 Å². The van der Waals surface area contributed by atoms with E-state index in [0.717, 1.165) is 6.07 Å². The van der Waals surface area contributed by atoms with Gasteiger partial charge in [-0.25, -0.2) is 4.98 Å². The molecule has 1 N–H and O–H groups in total. The Morgan fingerprint density at radius 2 is 2.10 bits per heavy atom.